The SMILES string of the molecule is CN=C(C)C(C(=O)OC)=C(O)c1ccc(Br)cc1. The summed E-state index contributed by atoms with van der Waals surface area (Å²) >= 11 is 3.30. The first-order valence-corrected chi connectivity index (χ1v) is 6.01. The second-order valence-corrected chi connectivity index (χ2v) is 4.45. The normalized spacial score (nSPS) is 13.0. The van der Waals surface area contributed by atoms with E-state index in [1.165, 1.54) is 7.11 Å². The van der Waals surface area contributed by atoms with E-state index < -0.39 is 5.97 Å². The van der Waals surface area contributed by atoms with Crippen LogP contribution < -0.4 is 0 Å². The Morgan fingerprint density at radius 3 is 2.33 bits per heavy atom. The summed E-state index contributed by atoms with van der Waals surface area (Å²) < 4.78 is 5.54. The van der Waals surface area contributed by atoms with Crippen molar-refractivity contribution in [2.24, 2.45) is 4.99 Å². The van der Waals surface area contributed by atoms with Gasteiger partial charge in [-0.3, -0.25) is 4.99 Å². The molecule has 0 aliphatic heterocycles. The number of carbonyl (C=O) groups excluding carboxylic acids is 1. The van der Waals surface area contributed by atoms with Crippen molar-refractivity contribution in [1.29, 1.82) is 0 Å². The Kier molecular flexibility index (Phi) is 5.09. The molecule has 1 aromatic carbocycles. The molecule has 0 spiro atoms. The summed E-state index contributed by atoms with van der Waals surface area (Å²) in [4.78, 5) is 15.6. The van der Waals surface area contributed by atoms with Gasteiger partial charge in [-0.1, -0.05) is 28.1 Å². The number of aliphatic imine (C=N–C) groups is 1. The van der Waals surface area contributed by atoms with Crippen LogP contribution >= 0.6 is 15.9 Å². The molecule has 4 nitrogen and oxygen atoms in total. The molecule has 96 valence electrons. The summed E-state index contributed by atoms with van der Waals surface area (Å²) in [6.07, 6.45) is 0. The molecule has 0 bridgehead atoms. The molecule has 18 heavy (non-hydrogen) atoms. The Hall–Kier alpha value is -1.62. The maximum Gasteiger partial charge on any atom is 0.343 e. The standard InChI is InChI=1S/C13H14BrNO3/c1-8(15-2)11(13(17)18-3)12(16)9-4-6-10(14)7-5-9/h4-7,16H,1-3H3. The molecule has 0 aliphatic carbocycles. The number of rotatable bonds is 3. The summed E-state index contributed by atoms with van der Waals surface area (Å²) in [7, 11) is 2.81. The van der Waals surface area contributed by atoms with Crippen LogP contribution in [0.3, 0.4) is 0 Å². The average Bonchev–Trinajstić information content (AvgIpc) is 2.39. The number of aliphatic hydroxyl groups excluding tert-OH is 1. The molecular weight excluding hydrogens is 298 g/mol. The molecule has 1 aromatic rings. The number of nitrogens with zero attached hydrogens (tertiary/aromatic N) is 1. The number of esters is 1. The minimum absolute atomic E-state index is 0.0716. The average molecular weight is 312 g/mol. The molecule has 1 N–H and O–H groups in total. The van der Waals surface area contributed by atoms with E-state index in [-0.39, 0.29) is 11.3 Å². The smallest absolute Gasteiger partial charge is 0.343 e. The molecule has 0 fully saturated rings. The highest BCUT2D eigenvalue weighted by Gasteiger charge is 2.19. The van der Waals surface area contributed by atoms with Crippen LogP contribution in [0.4, 0.5) is 0 Å². The van der Waals surface area contributed by atoms with Gasteiger partial charge in [0, 0.05) is 22.8 Å². The molecule has 5 heteroatoms. The van der Waals surface area contributed by atoms with E-state index in [1.54, 1.807) is 38.2 Å². The molecule has 0 unspecified atom stereocenters. The molecule has 0 radical (unpaired) electrons. The zero-order chi connectivity index (χ0) is 13.7. The molecule has 0 saturated carbocycles. The predicted molar refractivity (Wildman–Crippen MR) is 74.7 cm³/mol. The van der Waals surface area contributed by atoms with E-state index in [0.29, 0.717) is 11.3 Å². The van der Waals surface area contributed by atoms with Crippen LogP contribution in [0.15, 0.2) is 39.3 Å². The highest BCUT2D eigenvalue weighted by atomic mass is 79.9. The first kappa shape index (κ1) is 14.4. The van der Waals surface area contributed by atoms with Crippen molar-refractivity contribution in [2.75, 3.05) is 14.2 Å². The van der Waals surface area contributed by atoms with Gasteiger partial charge in [0.25, 0.3) is 0 Å². The Morgan fingerprint density at radius 1 is 1.33 bits per heavy atom. The maximum atomic E-state index is 11.7. The number of methoxy groups -OCH3 is 1. The third-order valence-corrected chi connectivity index (χ3v) is 2.97. The number of hydrogen-bond acceptors (Lipinski definition) is 4. The van der Waals surface area contributed by atoms with Crippen molar-refractivity contribution in [1.82, 2.24) is 0 Å². The van der Waals surface area contributed by atoms with Gasteiger partial charge in [-0.2, -0.15) is 0 Å². The third kappa shape index (κ3) is 3.20. The lowest BCUT2D eigenvalue weighted by atomic mass is 10.1. The molecule has 0 aliphatic rings. The zero-order valence-electron chi connectivity index (χ0n) is 10.4. The summed E-state index contributed by atoms with van der Waals surface area (Å²) in [6.45, 7) is 1.64. The lowest BCUT2D eigenvalue weighted by Crippen LogP contribution is -2.14. The van der Waals surface area contributed by atoms with Crippen LogP contribution in [0.1, 0.15) is 12.5 Å². The minimum Gasteiger partial charge on any atom is -0.506 e. The fraction of sp³-hybridized carbons (Fsp3) is 0.231. The van der Waals surface area contributed by atoms with E-state index in [4.69, 9.17) is 0 Å². The number of hydrogen-bond donors (Lipinski definition) is 1. The largest absolute Gasteiger partial charge is 0.506 e. The summed E-state index contributed by atoms with van der Waals surface area (Å²) in [5.41, 5.74) is 1.02. The van der Waals surface area contributed by atoms with Gasteiger partial charge >= 0.3 is 5.97 Å². The van der Waals surface area contributed by atoms with Crippen LogP contribution in [-0.2, 0) is 9.53 Å². The van der Waals surface area contributed by atoms with Crippen molar-refractivity contribution in [3.63, 3.8) is 0 Å². The van der Waals surface area contributed by atoms with Gasteiger partial charge in [-0.15, -0.1) is 0 Å². The van der Waals surface area contributed by atoms with Crippen molar-refractivity contribution >= 4 is 33.4 Å². The zero-order valence-corrected chi connectivity index (χ0v) is 12.0. The lowest BCUT2D eigenvalue weighted by Gasteiger charge is -2.09. The van der Waals surface area contributed by atoms with E-state index in [2.05, 4.69) is 25.7 Å². The van der Waals surface area contributed by atoms with Gasteiger partial charge in [0.05, 0.1) is 7.11 Å². The summed E-state index contributed by atoms with van der Waals surface area (Å²) in [6, 6.07) is 6.95. The molecule has 0 aromatic heterocycles. The second-order valence-electron chi connectivity index (χ2n) is 3.53. The fourth-order valence-corrected chi connectivity index (χ4v) is 1.65. The second kappa shape index (κ2) is 6.35. The van der Waals surface area contributed by atoms with Gasteiger partial charge in [-0.25, -0.2) is 4.79 Å². The Labute approximate surface area is 114 Å². The van der Waals surface area contributed by atoms with Crippen LogP contribution in [0.25, 0.3) is 5.76 Å². The highest BCUT2D eigenvalue weighted by Crippen LogP contribution is 2.20. The van der Waals surface area contributed by atoms with Gasteiger partial charge in [-0.05, 0) is 19.1 Å². The van der Waals surface area contributed by atoms with E-state index in [9.17, 15) is 9.90 Å². The molecule has 0 heterocycles. The van der Waals surface area contributed by atoms with E-state index >= 15 is 0 Å². The Bertz CT molecular complexity index is 503. The van der Waals surface area contributed by atoms with E-state index in [1.807, 2.05) is 0 Å². The quantitative estimate of drug-likeness (QED) is 0.404. The molecule has 0 atom stereocenters. The number of benzene rings is 1. The summed E-state index contributed by atoms with van der Waals surface area (Å²) in [5.74, 6) is -0.754. The summed E-state index contributed by atoms with van der Waals surface area (Å²) in [5, 5.41) is 10.2. The van der Waals surface area contributed by atoms with Crippen molar-refractivity contribution < 1.29 is 14.6 Å². The highest BCUT2D eigenvalue weighted by molar-refractivity contribution is 9.10. The minimum atomic E-state index is -0.612. The van der Waals surface area contributed by atoms with E-state index in [0.717, 1.165) is 4.47 Å². The Morgan fingerprint density at radius 2 is 1.89 bits per heavy atom. The maximum absolute atomic E-state index is 11.7. The van der Waals surface area contributed by atoms with Gasteiger partial charge in [0.2, 0.25) is 0 Å². The molecular formula is C13H14BrNO3. The van der Waals surface area contributed by atoms with Gasteiger partial charge in [0.15, 0.2) is 0 Å². The van der Waals surface area contributed by atoms with Crippen molar-refractivity contribution in [2.45, 2.75) is 6.92 Å². The number of halogens is 1. The molecule has 0 saturated heterocycles. The number of aliphatic hydroxyl groups is 1. The van der Waals surface area contributed by atoms with Crippen molar-refractivity contribution in [3.8, 4) is 0 Å². The van der Waals surface area contributed by atoms with Crippen LogP contribution in [0.2, 0.25) is 0 Å². The molecule has 1 rings (SSSR count). The number of carbonyl (C=O) groups is 1. The van der Waals surface area contributed by atoms with Gasteiger partial charge in [0.1, 0.15) is 11.3 Å². The van der Waals surface area contributed by atoms with Crippen LogP contribution in [0.5, 0.6) is 0 Å². The number of ether oxygens (including phenoxy) is 1. The monoisotopic (exact) mass is 311 g/mol. The predicted octanol–water partition coefficient (Wildman–Crippen LogP) is 2.98. The fourth-order valence-electron chi connectivity index (χ4n) is 1.38. The van der Waals surface area contributed by atoms with Crippen LogP contribution in [-0.4, -0.2) is 30.9 Å². The topological polar surface area (TPSA) is 58.9 Å². The van der Waals surface area contributed by atoms with Crippen LogP contribution in [0, 0.1) is 0 Å². The first-order chi connectivity index (χ1) is 8.51. The van der Waals surface area contributed by atoms with Crippen molar-refractivity contribution in [3.05, 3.63) is 39.9 Å². The molecule has 0 amide bonds. The Balaban J connectivity index is 3.35. The third-order valence-electron chi connectivity index (χ3n) is 2.44. The van der Waals surface area contributed by atoms with Gasteiger partial charge < -0.3 is 9.84 Å². The lowest BCUT2D eigenvalue weighted by molar-refractivity contribution is -0.135. The first-order valence-electron chi connectivity index (χ1n) is 5.22.